The molecule has 0 amide bonds. The van der Waals surface area contributed by atoms with Crippen LogP contribution in [0.3, 0.4) is 0 Å². The van der Waals surface area contributed by atoms with Crippen molar-refractivity contribution >= 4 is 5.82 Å². The molecule has 0 spiro atoms. The Hall–Kier alpha value is -2.04. The Bertz CT molecular complexity index is 552. The van der Waals surface area contributed by atoms with E-state index >= 15 is 0 Å². The van der Waals surface area contributed by atoms with Gasteiger partial charge in [-0.3, -0.25) is 0 Å². The van der Waals surface area contributed by atoms with E-state index in [1.165, 1.54) is 13.2 Å². The van der Waals surface area contributed by atoms with Gasteiger partial charge in [-0.15, -0.1) is 0 Å². The molecule has 1 aromatic carbocycles. The number of rotatable bonds is 4. The maximum absolute atomic E-state index is 13.3. The standard InChI is InChI=1S/C13H15FN2O2/c1-3-4-9-12(18-16-13(9)15)8-5-6-10(14)11(7-8)17-2/h5-7H,3-4H2,1-2H3,(H2,15,16). The molecular weight excluding hydrogens is 235 g/mol. The van der Waals surface area contributed by atoms with E-state index in [1.54, 1.807) is 12.1 Å². The highest BCUT2D eigenvalue weighted by molar-refractivity contribution is 5.67. The Morgan fingerprint density at radius 3 is 2.89 bits per heavy atom. The minimum absolute atomic E-state index is 0.171. The summed E-state index contributed by atoms with van der Waals surface area (Å²) >= 11 is 0. The summed E-state index contributed by atoms with van der Waals surface area (Å²) in [6.07, 6.45) is 1.70. The summed E-state index contributed by atoms with van der Waals surface area (Å²) in [5, 5.41) is 3.76. The van der Waals surface area contributed by atoms with E-state index in [1.807, 2.05) is 6.92 Å². The van der Waals surface area contributed by atoms with Gasteiger partial charge in [0.2, 0.25) is 0 Å². The van der Waals surface area contributed by atoms with Gasteiger partial charge in [0.05, 0.1) is 7.11 Å². The number of ether oxygens (including phenoxy) is 1. The predicted molar refractivity (Wildman–Crippen MR) is 66.9 cm³/mol. The molecule has 0 saturated heterocycles. The van der Waals surface area contributed by atoms with Gasteiger partial charge in [-0.05, 0) is 24.6 Å². The lowest BCUT2D eigenvalue weighted by molar-refractivity contribution is 0.386. The second kappa shape index (κ2) is 5.08. The molecular formula is C13H15FN2O2. The molecule has 1 heterocycles. The highest BCUT2D eigenvalue weighted by atomic mass is 19.1. The predicted octanol–water partition coefficient (Wildman–Crippen LogP) is 3.02. The number of nitrogens with zero attached hydrogens (tertiary/aromatic N) is 1. The number of aromatic nitrogens is 1. The average molecular weight is 250 g/mol. The molecule has 0 bridgehead atoms. The van der Waals surface area contributed by atoms with Crippen LogP contribution in [0, 0.1) is 5.82 Å². The zero-order valence-corrected chi connectivity index (χ0v) is 10.4. The molecule has 0 aliphatic heterocycles. The lowest BCUT2D eigenvalue weighted by Gasteiger charge is -2.05. The molecule has 2 rings (SSSR count). The van der Waals surface area contributed by atoms with Crippen LogP contribution in [-0.2, 0) is 6.42 Å². The quantitative estimate of drug-likeness (QED) is 0.906. The van der Waals surface area contributed by atoms with Gasteiger partial charge in [-0.25, -0.2) is 4.39 Å². The largest absolute Gasteiger partial charge is 0.494 e. The van der Waals surface area contributed by atoms with Crippen LogP contribution in [0.1, 0.15) is 18.9 Å². The first-order valence-electron chi connectivity index (χ1n) is 5.75. The number of methoxy groups -OCH3 is 1. The van der Waals surface area contributed by atoms with E-state index in [-0.39, 0.29) is 5.75 Å². The van der Waals surface area contributed by atoms with Crippen molar-refractivity contribution in [1.82, 2.24) is 5.16 Å². The molecule has 0 unspecified atom stereocenters. The molecule has 2 aromatic rings. The molecule has 96 valence electrons. The Morgan fingerprint density at radius 1 is 1.44 bits per heavy atom. The van der Waals surface area contributed by atoms with Crippen LogP contribution in [0.5, 0.6) is 5.75 Å². The van der Waals surface area contributed by atoms with Crippen LogP contribution in [0.15, 0.2) is 22.7 Å². The van der Waals surface area contributed by atoms with E-state index in [9.17, 15) is 4.39 Å². The Labute approximate surface area is 105 Å². The van der Waals surface area contributed by atoms with Crippen molar-refractivity contribution < 1.29 is 13.7 Å². The molecule has 5 heteroatoms. The zero-order chi connectivity index (χ0) is 13.1. The minimum atomic E-state index is -0.411. The van der Waals surface area contributed by atoms with Gasteiger partial charge in [-0.1, -0.05) is 18.5 Å². The molecule has 0 radical (unpaired) electrons. The molecule has 18 heavy (non-hydrogen) atoms. The second-order valence-corrected chi connectivity index (χ2v) is 3.97. The van der Waals surface area contributed by atoms with Crippen molar-refractivity contribution in [3.8, 4) is 17.1 Å². The van der Waals surface area contributed by atoms with Gasteiger partial charge in [0.25, 0.3) is 0 Å². The fourth-order valence-corrected chi connectivity index (χ4v) is 1.84. The SMILES string of the molecule is CCCc1c(N)noc1-c1ccc(F)c(OC)c1. The Morgan fingerprint density at radius 2 is 2.22 bits per heavy atom. The van der Waals surface area contributed by atoms with Gasteiger partial charge in [0, 0.05) is 11.1 Å². The van der Waals surface area contributed by atoms with Crippen LogP contribution >= 0.6 is 0 Å². The third-order valence-electron chi connectivity index (χ3n) is 2.73. The normalized spacial score (nSPS) is 10.6. The Balaban J connectivity index is 2.48. The summed E-state index contributed by atoms with van der Waals surface area (Å²) in [7, 11) is 1.42. The van der Waals surface area contributed by atoms with Crippen molar-refractivity contribution in [3.05, 3.63) is 29.6 Å². The summed E-state index contributed by atoms with van der Waals surface area (Å²) < 4.78 is 23.5. The van der Waals surface area contributed by atoms with Crippen LogP contribution in [-0.4, -0.2) is 12.3 Å². The highest BCUT2D eigenvalue weighted by Crippen LogP contribution is 2.32. The van der Waals surface area contributed by atoms with Gasteiger partial charge in [-0.2, -0.15) is 0 Å². The van der Waals surface area contributed by atoms with Gasteiger partial charge in [0.15, 0.2) is 23.1 Å². The topological polar surface area (TPSA) is 61.3 Å². The van der Waals surface area contributed by atoms with Gasteiger partial charge in [0.1, 0.15) is 0 Å². The van der Waals surface area contributed by atoms with Gasteiger partial charge < -0.3 is 15.0 Å². The summed E-state index contributed by atoms with van der Waals surface area (Å²) in [6, 6.07) is 4.54. The average Bonchev–Trinajstić information content (AvgIpc) is 2.73. The van der Waals surface area contributed by atoms with Crippen LogP contribution in [0.4, 0.5) is 10.2 Å². The number of hydrogen-bond acceptors (Lipinski definition) is 4. The summed E-state index contributed by atoms with van der Waals surface area (Å²) in [4.78, 5) is 0. The minimum Gasteiger partial charge on any atom is -0.494 e. The lowest BCUT2D eigenvalue weighted by Crippen LogP contribution is -1.93. The van der Waals surface area contributed by atoms with Crippen LogP contribution < -0.4 is 10.5 Å². The molecule has 2 N–H and O–H groups in total. The molecule has 4 nitrogen and oxygen atoms in total. The zero-order valence-electron chi connectivity index (χ0n) is 10.4. The molecule has 1 aromatic heterocycles. The van der Waals surface area contributed by atoms with Crippen LogP contribution in [0.25, 0.3) is 11.3 Å². The van der Waals surface area contributed by atoms with E-state index in [0.717, 1.165) is 18.4 Å². The maximum atomic E-state index is 13.3. The number of hydrogen-bond donors (Lipinski definition) is 1. The fraction of sp³-hybridized carbons (Fsp3) is 0.308. The maximum Gasteiger partial charge on any atom is 0.172 e. The molecule has 0 aliphatic carbocycles. The monoisotopic (exact) mass is 250 g/mol. The molecule has 0 atom stereocenters. The smallest absolute Gasteiger partial charge is 0.172 e. The highest BCUT2D eigenvalue weighted by Gasteiger charge is 2.16. The summed E-state index contributed by atoms with van der Waals surface area (Å²) in [5.41, 5.74) is 7.32. The number of benzene rings is 1. The van der Waals surface area contributed by atoms with E-state index < -0.39 is 5.82 Å². The first-order chi connectivity index (χ1) is 8.67. The molecule has 0 saturated carbocycles. The fourth-order valence-electron chi connectivity index (χ4n) is 1.84. The van der Waals surface area contributed by atoms with E-state index in [4.69, 9.17) is 15.0 Å². The molecule has 0 fully saturated rings. The molecule has 0 aliphatic rings. The van der Waals surface area contributed by atoms with Crippen molar-refractivity contribution in [2.45, 2.75) is 19.8 Å². The first kappa shape index (κ1) is 12.4. The summed E-state index contributed by atoms with van der Waals surface area (Å²) in [5.74, 6) is 0.721. The number of nitrogen functional groups attached to an aromatic ring is 1. The van der Waals surface area contributed by atoms with Crippen LogP contribution in [0.2, 0.25) is 0 Å². The van der Waals surface area contributed by atoms with E-state index in [0.29, 0.717) is 17.1 Å². The first-order valence-corrected chi connectivity index (χ1v) is 5.75. The summed E-state index contributed by atoms with van der Waals surface area (Å²) in [6.45, 7) is 2.04. The van der Waals surface area contributed by atoms with Crippen molar-refractivity contribution in [2.75, 3.05) is 12.8 Å². The third-order valence-corrected chi connectivity index (χ3v) is 2.73. The third kappa shape index (κ3) is 2.16. The van der Waals surface area contributed by atoms with Gasteiger partial charge >= 0.3 is 0 Å². The lowest BCUT2D eigenvalue weighted by atomic mass is 10.0. The van der Waals surface area contributed by atoms with Crippen molar-refractivity contribution in [1.29, 1.82) is 0 Å². The second-order valence-electron chi connectivity index (χ2n) is 3.97. The van der Waals surface area contributed by atoms with Crippen molar-refractivity contribution in [3.63, 3.8) is 0 Å². The Kier molecular flexibility index (Phi) is 3.50. The van der Waals surface area contributed by atoms with Crippen molar-refractivity contribution in [2.24, 2.45) is 0 Å². The number of halogens is 1. The number of anilines is 1. The number of nitrogens with two attached hydrogens (primary N) is 1. The van der Waals surface area contributed by atoms with E-state index in [2.05, 4.69) is 5.16 Å².